The fourth-order valence-corrected chi connectivity index (χ4v) is 3.04. The van der Waals surface area contributed by atoms with Gasteiger partial charge in [0.1, 0.15) is 5.75 Å². The summed E-state index contributed by atoms with van der Waals surface area (Å²) < 4.78 is 41.6. The Bertz CT molecular complexity index is 1220. The maximum atomic E-state index is 12.4. The number of aromatic amines is 1. The van der Waals surface area contributed by atoms with Gasteiger partial charge in [-0.1, -0.05) is 12.1 Å². The number of rotatable bonds is 6. The molecule has 1 unspecified atom stereocenters. The van der Waals surface area contributed by atoms with Crippen LogP contribution in [0.15, 0.2) is 52.1 Å². The number of hydrogen-bond donors (Lipinski definition) is 3. The van der Waals surface area contributed by atoms with E-state index in [0.29, 0.717) is 11.0 Å². The van der Waals surface area contributed by atoms with Gasteiger partial charge < -0.3 is 24.7 Å². The molecule has 164 valence electrons. The predicted molar refractivity (Wildman–Crippen MR) is 105 cm³/mol. The van der Waals surface area contributed by atoms with Crippen molar-refractivity contribution >= 4 is 16.9 Å². The molecule has 0 fully saturated rings. The van der Waals surface area contributed by atoms with Gasteiger partial charge in [0.25, 0.3) is 5.91 Å². The second-order valence-electron chi connectivity index (χ2n) is 6.58. The third-order valence-corrected chi connectivity index (χ3v) is 4.51. The van der Waals surface area contributed by atoms with Crippen molar-refractivity contribution in [3.63, 3.8) is 0 Å². The molecule has 0 radical (unpaired) electrons. The number of halogens is 3. The molecule has 0 aliphatic heterocycles. The molecule has 0 aliphatic rings. The van der Waals surface area contributed by atoms with Crippen molar-refractivity contribution in [3.05, 3.63) is 74.3 Å². The highest BCUT2D eigenvalue weighted by Crippen LogP contribution is 2.24. The molecular weight excluding hydrogens is 419 g/mol. The molecule has 11 heteroatoms. The van der Waals surface area contributed by atoms with E-state index in [9.17, 15) is 32.7 Å². The van der Waals surface area contributed by atoms with Gasteiger partial charge in [-0.05, 0) is 42.8 Å². The first-order valence-corrected chi connectivity index (χ1v) is 9.18. The number of nitrogens with one attached hydrogen (secondary N) is 2. The van der Waals surface area contributed by atoms with Crippen LogP contribution in [-0.4, -0.2) is 33.5 Å². The van der Waals surface area contributed by atoms with Crippen LogP contribution < -0.4 is 21.2 Å². The summed E-state index contributed by atoms with van der Waals surface area (Å²) in [5, 5.41) is 12.7. The summed E-state index contributed by atoms with van der Waals surface area (Å²) >= 11 is 0. The molecule has 1 aromatic heterocycles. The second-order valence-corrected chi connectivity index (χ2v) is 6.58. The first-order valence-electron chi connectivity index (χ1n) is 9.18. The van der Waals surface area contributed by atoms with E-state index in [1.165, 1.54) is 34.9 Å². The first kappa shape index (κ1) is 22.1. The number of ether oxygens (including phenoxy) is 1. The largest absolute Gasteiger partial charge is 0.573 e. The minimum absolute atomic E-state index is 0.186. The van der Waals surface area contributed by atoms with Crippen LogP contribution in [0.3, 0.4) is 0 Å². The Morgan fingerprint density at radius 3 is 2.48 bits per heavy atom. The van der Waals surface area contributed by atoms with Crippen molar-refractivity contribution in [1.29, 1.82) is 0 Å². The summed E-state index contributed by atoms with van der Waals surface area (Å²) in [6.07, 6.45) is -5.99. The van der Waals surface area contributed by atoms with Gasteiger partial charge in [-0.25, -0.2) is 0 Å². The van der Waals surface area contributed by atoms with Crippen molar-refractivity contribution in [2.24, 2.45) is 0 Å². The first-order chi connectivity index (χ1) is 14.6. The number of aromatic nitrogens is 2. The van der Waals surface area contributed by atoms with E-state index in [1.54, 1.807) is 6.92 Å². The lowest BCUT2D eigenvalue weighted by atomic mass is 10.1. The maximum Gasteiger partial charge on any atom is 0.573 e. The van der Waals surface area contributed by atoms with Gasteiger partial charge in [-0.3, -0.25) is 14.4 Å². The summed E-state index contributed by atoms with van der Waals surface area (Å²) in [5.74, 6) is -0.976. The molecule has 0 spiro atoms. The molecule has 1 amide bonds. The van der Waals surface area contributed by atoms with Crippen LogP contribution in [-0.2, 0) is 6.54 Å². The van der Waals surface area contributed by atoms with Crippen LogP contribution in [0.2, 0.25) is 0 Å². The fraction of sp³-hybridized carbons (Fsp3) is 0.250. The summed E-state index contributed by atoms with van der Waals surface area (Å²) in [5.41, 5.74) is -0.262. The second kappa shape index (κ2) is 8.64. The van der Waals surface area contributed by atoms with Gasteiger partial charge >= 0.3 is 17.5 Å². The highest BCUT2D eigenvalue weighted by atomic mass is 19.4. The molecular formula is C20H18F3N3O5. The number of amides is 1. The molecule has 31 heavy (non-hydrogen) atoms. The number of alkyl halides is 3. The molecule has 1 heterocycles. The van der Waals surface area contributed by atoms with Crippen molar-refractivity contribution < 1.29 is 27.8 Å². The van der Waals surface area contributed by atoms with Gasteiger partial charge in [0.2, 0.25) is 0 Å². The van der Waals surface area contributed by atoms with Gasteiger partial charge in [-0.15, -0.1) is 13.2 Å². The summed E-state index contributed by atoms with van der Waals surface area (Å²) in [6, 6.07) is 9.03. The highest BCUT2D eigenvalue weighted by Gasteiger charge is 2.31. The summed E-state index contributed by atoms with van der Waals surface area (Å²) in [4.78, 5) is 38.5. The minimum atomic E-state index is -4.82. The molecule has 8 nitrogen and oxygen atoms in total. The lowest BCUT2D eigenvalue weighted by Gasteiger charge is -2.14. The zero-order valence-electron chi connectivity index (χ0n) is 16.2. The van der Waals surface area contributed by atoms with Crippen LogP contribution in [0, 0.1) is 0 Å². The Hall–Kier alpha value is -3.60. The summed E-state index contributed by atoms with van der Waals surface area (Å²) in [7, 11) is 0. The molecule has 3 rings (SSSR count). The van der Waals surface area contributed by atoms with Crippen LogP contribution in [0.4, 0.5) is 13.2 Å². The van der Waals surface area contributed by atoms with Crippen LogP contribution in [0.25, 0.3) is 11.0 Å². The average molecular weight is 437 g/mol. The van der Waals surface area contributed by atoms with E-state index in [2.05, 4.69) is 15.0 Å². The third kappa shape index (κ3) is 5.12. The molecule has 0 bridgehead atoms. The topological polar surface area (TPSA) is 113 Å². The zero-order chi connectivity index (χ0) is 22.8. The smallest absolute Gasteiger partial charge is 0.406 e. The quantitative estimate of drug-likeness (QED) is 0.511. The number of H-pyrrole nitrogens is 1. The van der Waals surface area contributed by atoms with Crippen molar-refractivity contribution in [2.45, 2.75) is 25.9 Å². The lowest BCUT2D eigenvalue weighted by molar-refractivity contribution is -0.274. The molecule has 1 atom stereocenters. The van der Waals surface area contributed by atoms with Gasteiger partial charge in [0.05, 0.1) is 17.1 Å². The average Bonchev–Trinajstić information content (AvgIpc) is 2.71. The van der Waals surface area contributed by atoms with Crippen molar-refractivity contribution in [1.82, 2.24) is 14.9 Å². The van der Waals surface area contributed by atoms with Crippen LogP contribution in [0.1, 0.15) is 28.9 Å². The Morgan fingerprint density at radius 1 is 1.19 bits per heavy atom. The van der Waals surface area contributed by atoms with E-state index < -0.39 is 35.2 Å². The number of carbonyl (C=O) groups is 1. The Balaban J connectivity index is 1.70. The Morgan fingerprint density at radius 2 is 1.87 bits per heavy atom. The van der Waals surface area contributed by atoms with Crippen molar-refractivity contribution in [2.75, 3.05) is 6.54 Å². The van der Waals surface area contributed by atoms with Gasteiger partial charge in [0.15, 0.2) is 0 Å². The minimum Gasteiger partial charge on any atom is -0.406 e. The maximum absolute atomic E-state index is 12.4. The number of carbonyl (C=O) groups excluding carboxylic acids is 1. The number of nitrogens with zero attached hydrogens (tertiary/aromatic N) is 1. The summed E-state index contributed by atoms with van der Waals surface area (Å²) in [6.45, 7) is 1.79. The molecule has 0 saturated carbocycles. The van der Waals surface area contributed by atoms with Gasteiger partial charge in [0, 0.05) is 18.7 Å². The van der Waals surface area contributed by atoms with E-state index in [-0.39, 0.29) is 24.2 Å². The number of aliphatic hydroxyl groups excluding tert-OH is 1. The monoisotopic (exact) mass is 437 g/mol. The van der Waals surface area contributed by atoms with E-state index in [0.717, 1.165) is 12.1 Å². The standard InChI is InChI=1S/C20H18F3N3O5/c1-2-26-15-8-5-12(9-14(15)25-18(29)19(26)30)17(28)24-10-16(27)11-3-6-13(7-4-11)31-20(21,22)23/h3-9,16,27H,2,10H2,1H3,(H,24,28)(H,25,29). The van der Waals surface area contributed by atoms with Crippen LogP contribution in [0.5, 0.6) is 5.75 Å². The number of fused-ring (bicyclic) bond motifs is 1. The molecule has 0 aliphatic carbocycles. The fourth-order valence-electron chi connectivity index (χ4n) is 3.04. The Labute approximate surface area is 172 Å². The van der Waals surface area contributed by atoms with Crippen molar-refractivity contribution in [3.8, 4) is 5.75 Å². The van der Waals surface area contributed by atoms with E-state index in [4.69, 9.17) is 0 Å². The molecule has 3 N–H and O–H groups in total. The molecule has 2 aromatic carbocycles. The predicted octanol–water partition coefficient (Wildman–Crippen LogP) is 2.07. The van der Waals surface area contributed by atoms with Gasteiger partial charge in [-0.2, -0.15) is 0 Å². The lowest BCUT2D eigenvalue weighted by Crippen LogP contribution is -2.36. The SMILES string of the molecule is CCn1c(=O)c(=O)[nH]c2cc(C(=O)NCC(O)c3ccc(OC(F)(F)F)cc3)ccc21. The Kier molecular flexibility index (Phi) is 6.16. The van der Waals surface area contributed by atoms with E-state index in [1.807, 2.05) is 0 Å². The molecule has 0 saturated heterocycles. The van der Waals surface area contributed by atoms with Crippen LogP contribution >= 0.6 is 0 Å². The normalized spacial score (nSPS) is 12.5. The van der Waals surface area contributed by atoms with E-state index >= 15 is 0 Å². The zero-order valence-corrected chi connectivity index (χ0v) is 16.2. The number of benzene rings is 2. The third-order valence-electron chi connectivity index (χ3n) is 4.51. The number of hydrogen-bond acceptors (Lipinski definition) is 5. The molecule has 3 aromatic rings. The number of aryl methyl sites for hydroxylation is 1. The highest BCUT2D eigenvalue weighted by molar-refractivity contribution is 5.97. The number of aliphatic hydroxyl groups is 1.